The fourth-order valence-electron chi connectivity index (χ4n) is 1.36. The number of aliphatic hydroxyl groups excluding tert-OH is 2. The number of rotatable bonds is 2. The second kappa shape index (κ2) is 7.24. The second-order valence-corrected chi connectivity index (χ2v) is 3.17. The third-order valence-electron chi connectivity index (χ3n) is 2.13. The lowest BCUT2D eigenvalue weighted by Gasteiger charge is -2.08. The first kappa shape index (κ1) is 13.9. The van der Waals surface area contributed by atoms with Crippen LogP contribution in [0.15, 0.2) is 12.1 Å². The molecular weight excluding hydrogens is 232 g/mol. The fraction of sp³-hybridized carbons (Fsp3) is 0.286. The molecule has 0 heterocycles. The minimum Gasteiger partial charge on any atom is -0.495 e. The molecule has 0 radical (unpaired) electrons. The topological polar surface area (TPSA) is 58.9 Å². The van der Waals surface area contributed by atoms with Crippen LogP contribution in [0.4, 0.5) is 0 Å². The quantitative estimate of drug-likeness (QED) is 0.741. The predicted molar refractivity (Wildman–Crippen MR) is 67.5 cm³/mol. The van der Waals surface area contributed by atoms with E-state index in [1.54, 1.807) is 12.1 Å². The third-order valence-corrected chi connectivity index (χ3v) is 2.13. The van der Waals surface area contributed by atoms with Crippen molar-refractivity contribution in [3.05, 3.63) is 23.3 Å². The van der Waals surface area contributed by atoms with Crippen molar-refractivity contribution in [2.75, 3.05) is 27.4 Å². The SMILES string of the molecule is COc1cc(OC)c(C#CCO)cc1C#CCO. The van der Waals surface area contributed by atoms with Crippen LogP contribution in [0.5, 0.6) is 11.5 Å². The smallest absolute Gasteiger partial charge is 0.138 e. The lowest BCUT2D eigenvalue weighted by molar-refractivity contribution is 0.350. The van der Waals surface area contributed by atoms with Crippen LogP contribution in [0.1, 0.15) is 11.1 Å². The molecular formula is C14H14O4. The molecule has 1 aromatic carbocycles. The van der Waals surface area contributed by atoms with Crippen LogP contribution in [-0.2, 0) is 0 Å². The van der Waals surface area contributed by atoms with Gasteiger partial charge in [0, 0.05) is 6.07 Å². The first-order valence-corrected chi connectivity index (χ1v) is 5.22. The monoisotopic (exact) mass is 246 g/mol. The second-order valence-electron chi connectivity index (χ2n) is 3.17. The fourth-order valence-corrected chi connectivity index (χ4v) is 1.36. The highest BCUT2D eigenvalue weighted by molar-refractivity contribution is 5.58. The summed E-state index contributed by atoms with van der Waals surface area (Å²) in [4.78, 5) is 0. The molecule has 0 amide bonds. The molecule has 0 atom stereocenters. The zero-order chi connectivity index (χ0) is 13.4. The molecule has 0 bridgehead atoms. The molecule has 4 nitrogen and oxygen atoms in total. The number of methoxy groups -OCH3 is 2. The Bertz CT molecular complexity index is 481. The highest BCUT2D eigenvalue weighted by Gasteiger charge is 2.08. The van der Waals surface area contributed by atoms with E-state index in [2.05, 4.69) is 23.7 Å². The Balaban J connectivity index is 3.33. The van der Waals surface area contributed by atoms with Crippen LogP contribution in [0.25, 0.3) is 0 Å². The highest BCUT2D eigenvalue weighted by Crippen LogP contribution is 2.28. The molecule has 0 aliphatic heterocycles. The average molecular weight is 246 g/mol. The van der Waals surface area contributed by atoms with E-state index in [4.69, 9.17) is 19.7 Å². The molecule has 1 rings (SSSR count). The van der Waals surface area contributed by atoms with Crippen LogP contribution in [-0.4, -0.2) is 37.6 Å². The maximum absolute atomic E-state index is 8.70. The summed E-state index contributed by atoms with van der Waals surface area (Å²) in [6, 6.07) is 3.37. The van der Waals surface area contributed by atoms with Crippen molar-refractivity contribution in [2.45, 2.75) is 0 Å². The van der Waals surface area contributed by atoms with E-state index >= 15 is 0 Å². The number of aliphatic hydroxyl groups is 2. The van der Waals surface area contributed by atoms with Crippen LogP contribution < -0.4 is 9.47 Å². The summed E-state index contributed by atoms with van der Waals surface area (Å²) in [5.41, 5.74) is 1.21. The summed E-state index contributed by atoms with van der Waals surface area (Å²) in [5.74, 6) is 11.7. The van der Waals surface area contributed by atoms with Gasteiger partial charge in [0.05, 0.1) is 25.3 Å². The van der Waals surface area contributed by atoms with E-state index in [-0.39, 0.29) is 13.2 Å². The van der Waals surface area contributed by atoms with E-state index in [0.29, 0.717) is 22.6 Å². The Hall–Kier alpha value is -2.14. The van der Waals surface area contributed by atoms with Gasteiger partial charge in [0.2, 0.25) is 0 Å². The number of hydrogen-bond acceptors (Lipinski definition) is 4. The number of hydrogen-bond donors (Lipinski definition) is 2. The number of benzene rings is 1. The minimum atomic E-state index is -0.229. The minimum absolute atomic E-state index is 0.229. The molecule has 0 aliphatic rings. The van der Waals surface area contributed by atoms with Crippen LogP contribution >= 0.6 is 0 Å². The summed E-state index contributed by atoms with van der Waals surface area (Å²) in [6.45, 7) is -0.459. The maximum atomic E-state index is 8.70. The summed E-state index contributed by atoms with van der Waals surface area (Å²) < 4.78 is 10.4. The Morgan fingerprint density at radius 2 is 1.33 bits per heavy atom. The molecule has 1 aromatic rings. The molecule has 2 N–H and O–H groups in total. The van der Waals surface area contributed by atoms with Gasteiger partial charge < -0.3 is 19.7 Å². The largest absolute Gasteiger partial charge is 0.495 e. The van der Waals surface area contributed by atoms with Crippen molar-refractivity contribution < 1.29 is 19.7 Å². The van der Waals surface area contributed by atoms with Gasteiger partial charge in [-0.05, 0) is 6.07 Å². The van der Waals surface area contributed by atoms with Crippen LogP contribution in [0.2, 0.25) is 0 Å². The van der Waals surface area contributed by atoms with Gasteiger partial charge in [0.25, 0.3) is 0 Å². The summed E-state index contributed by atoms with van der Waals surface area (Å²) in [5, 5.41) is 17.4. The standard InChI is InChI=1S/C14H14O4/c1-17-13-10-14(18-2)12(6-4-8-16)9-11(13)5-3-7-15/h9-10,15-16H,7-8H2,1-2H3. The summed E-state index contributed by atoms with van der Waals surface area (Å²) >= 11 is 0. The van der Waals surface area contributed by atoms with Gasteiger partial charge >= 0.3 is 0 Å². The Kier molecular flexibility index (Phi) is 5.60. The van der Waals surface area contributed by atoms with Crippen molar-refractivity contribution in [3.63, 3.8) is 0 Å². The molecule has 0 saturated heterocycles. The molecule has 94 valence electrons. The average Bonchev–Trinajstić information content (AvgIpc) is 2.42. The maximum Gasteiger partial charge on any atom is 0.138 e. The van der Waals surface area contributed by atoms with E-state index in [1.807, 2.05) is 0 Å². The van der Waals surface area contributed by atoms with E-state index in [1.165, 1.54) is 14.2 Å². The van der Waals surface area contributed by atoms with Gasteiger partial charge in [0.1, 0.15) is 24.7 Å². The molecule has 0 aliphatic carbocycles. The first-order valence-electron chi connectivity index (χ1n) is 5.22. The molecule has 4 heteroatoms. The lowest BCUT2D eigenvalue weighted by Crippen LogP contribution is -1.94. The van der Waals surface area contributed by atoms with Crippen molar-refractivity contribution in [1.82, 2.24) is 0 Å². The van der Waals surface area contributed by atoms with Gasteiger partial charge in [-0.2, -0.15) is 0 Å². The zero-order valence-electron chi connectivity index (χ0n) is 10.3. The first-order chi connectivity index (χ1) is 8.76. The zero-order valence-corrected chi connectivity index (χ0v) is 10.3. The molecule has 0 saturated carbocycles. The van der Waals surface area contributed by atoms with Crippen molar-refractivity contribution in [3.8, 4) is 35.2 Å². The van der Waals surface area contributed by atoms with E-state index in [9.17, 15) is 0 Å². The number of ether oxygens (including phenoxy) is 2. The van der Waals surface area contributed by atoms with E-state index < -0.39 is 0 Å². The van der Waals surface area contributed by atoms with E-state index in [0.717, 1.165) is 0 Å². The molecule has 18 heavy (non-hydrogen) atoms. The molecule has 0 aromatic heterocycles. The molecule has 0 fully saturated rings. The predicted octanol–water partition coefficient (Wildman–Crippen LogP) is 0.391. The summed E-state index contributed by atoms with van der Waals surface area (Å²) in [7, 11) is 3.05. The van der Waals surface area contributed by atoms with Crippen molar-refractivity contribution in [2.24, 2.45) is 0 Å². The van der Waals surface area contributed by atoms with Gasteiger partial charge in [-0.1, -0.05) is 23.7 Å². The van der Waals surface area contributed by atoms with Gasteiger partial charge in [-0.15, -0.1) is 0 Å². The van der Waals surface area contributed by atoms with Gasteiger partial charge in [-0.25, -0.2) is 0 Å². The Morgan fingerprint density at radius 1 is 0.889 bits per heavy atom. The highest BCUT2D eigenvalue weighted by atomic mass is 16.5. The van der Waals surface area contributed by atoms with Gasteiger partial charge in [-0.3, -0.25) is 0 Å². The van der Waals surface area contributed by atoms with Gasteiger partial charge in [0.15, 0.2) is 0 Å². The lowest BCUT2D eigenvalue weighted by atomic mass is 10.1. The van der Waals surface area contributed by atoms with Crippen molar-refractivity contribution in [1.29, 1.82) is 0 Å². The van der Waals surface area contributed by atoms with Crippen LogP contribution in [0.3, 0.4) is 0 Å². The Morgan fingerprint density at radius 3 is 1.67 bits per heavy atom. The normalized spacial score (nSPS) is 8.67. The molecule has 0 spiro atoms. The molecule has 0 unspecified atom stereocenters. The van der Waals surface area contributed by atoms with Crippen molar-refractivity contribution >= 4 is 0 Å². The van der Waals surface area contributed by atoms with Crippen LogP contribution in [0, 0.1) is 23.7 Å². The Labute approximate surface area is 106 Å². The summed E-state index contributed by atoms with van der Waals surface area (Å²) in [6.07, 6.45) is 0. The third kappa shape index (κ3) is 3.43.